The van der Waals surface area contributed by atoms with E-state index in [9.17, 15) is 14.0 Å². The van der Waals surface area contributed by atoms with Crippen LogP contribution in [0.4, 0.5) is 19.7 Å². The van der Waals surface area contributed by atoms with Gasteiger partial charge in [0.2, 0.25) is 0 Å². The standard InChI is InChI=1S/C20H21FN2O6/c1-27-16-10-23(20(25)26)11-17(16)29-15-9-5-8-14(18(15)21)22-19(24)28-12-13-6-3-2-4-7-13/h2-9,16-17H,10-12H2,1H3,(H,22,24)(H,25,26)/t16-,17-/m1/s1. The minimum Gasteiger partial charge on any atom is -0.483 e. The van der Waals surface area contributed by atoms with Crippen LogP contribution in [0.1, 0.15) is 5.56 Å². The normalized spacial score (nSPS) is 18.3. The van der Waals surface area contributed by atoms with Crippen LogP contribution in [-0.4, -0.2) is 54.6 Å². The van der Waals surface area contributed by atoms with Crippen molar-refractivity contribution in [2.75, 3.05) is 25.5 Å². The molecule has 1 saturated heterocycles. The molecule has 0 unspecified atom stereocenters. The molecule has 0 aromatic heterocycles. The Labute approximate surface area is 166 Å². The summed E-state index contributed by atoms with van der Waals surface area (Å²) < 4.78 is 30.7. The molecule has 8 nitrogen and oxygen atoms in total. The summed E-state index contributed by atoms with van der Waals surface area (Å²) >= 11 is 0. The molecule has 1 heterocycles. The van der Waals surface area contributed by atoms with Crippen molar-refractivity contribution in [3.05, 3.63) is 59.9 Å². The Hall–Kier alpha value is -3.33. The molecular weight excluding hydrogens is 383 g/mol. The van der Waals surface area contributed by atoms with Gasteiger partial charge in [-0.3, -0.25) is 5.32 Å². The van der Waals surface area contributed by atoms with Crippen molar-refractivity contribution < 1.29 is 33.3 Å². The lowest BCUT2D eigenvalue weighted by Gasteiger charge is -2.19. The Balaban J connectivity index is 1.63. The van der Waals surface area contributed by atoms with E-state index in [-0.39, 0.29) is 31.1 Å². The van der Waals surface area contributed by atoms with Gasteiger partial charge < -0.3 is 24.2 Å². The van der Waals surface area contributed by atoms with Gasteiger partial charge >= 0.3 is 12.2 Å². The van der Waals surface area contributed by atoms with Crippen molar-refractivity contribution in [3.8, 4) is 5.75 Å². The summed E-state index contributed by atoms with van der Waals surface area (Å²) in [5.41, 5.74) is 0.692. The molecule has 2 aromatic rings. The maximum absolute atomic E-state index is 14.8. The van der Waals surface area contributed by atoms with Gasteiger partial charge in [0.25, 0.3) is 0 Å². The van der Waals surface area contributed by atoms with E-state index in [2.05, 4.69) is 5.32 Å². The van der Waals surface area contributed by atoms with Crippen LogP contribution >= 0.6 is 0 Å². The number of methoxy groups -OCH3 is 1. The van der Waals surface area contributed by atoms with Crippen LogP contribution in [0.5, 0.6) is 5.75 Å². The Kier molecular flexibility index (Phi) is 6.50. The van der Waals surface area contributed by atoms with Gasteiger partial charge in [0, 0.05) is 7.11 Å². The summed E-state index contributed by atoms with van der Waals surface area (Å²) in [4.78, 5) is 24.3. The number of carboxylic acid groups (broad SMARTS) is 1. The van der Waals surface area contributed by atoms with Crippen molar-refractivity contribution in [1.82, 2.24) is 4.90 Å². The van der Waals surface area contributed by atoms with Crippen LogP contribution in [0.25, 0.3) is 0 Å². The van der Waals surface area contributed by atoms with Crippen LogP contribution in [0, 0.1) is 5.82 Å². The third-order valence-corrected chi connectivity index (χ3v) is 4.48. The zero-order valence-electron chi connectivity index (χ0n) is 15.7. The number of carbonyl (C=O) groups excluding carboxylic acids is 1. The first-order chi connectivity index (χ1) is 14.0. The van der Waals surface area contributed by atoms with Gasteiger partial charge in [-0.05, 0) is 17.7 Å². The van der Waals surface area contributed by atoms with Crippen molar-refractivity contribution >= 4 is 17.9 Å². The van der Waals surface area contributed by atoms with E-state index in [0.717, 1.165) is 10.5 Å². The first-order valence-electron chi connectivity index (χ1n) is 8.91. The fraction of sp³-hybridized carbons (Fsp3) is 0.300. The number of likely N-dealkylation sites (tertiary alicyclic amines) is 1. The zero-order chi connectivity index (χ0) is 20.8. The molecule has 29 heavy (non-hydrogen) atoms. The number of ether oxygens (including phenoxy) is 3. The second-order valence-corrected chi connectivity index (χ2v) is 6.42. The van der Waals surface area contributed by atoms with E-state index < -0.39 is 30.2 Å². The van der Waals surface area contributed by atoms with Gasteiger partial charge in [0.05, 0.1) is 18.8 Å². The summed E-state index contributed by atoms with van der Waals surface area (Å²) in [7, 11) is 1.43. The number of anilines is 1. The number of hydrogen-bond acceptors (Lipinski definition) is 5. The molecule has 0 spiro atoms. The highest BCUT2D eigenvalue weighted by molar-refractivity contribution is 5.85. The summed E-state index contributed by atoms with van der Waals surface area (Å²) in [6.07, 6.45) is -3.11. The summed E-state index contributed by atoms with van der Waals surface area (Å²) in [5.74, 6) is -0.905. The van der Waals surface area contributed by atoms with Gasteiger partial charge in [-0.1, -0.05) is 36.4 Å². The molecule has 1 aliphatic rings. The summed E-state index contributed by atoms with van der Waals surface area (Å²) in [6, 6.07) is 13.4. The van der Waals surface area contributed by atoms with E-state index in [1.165, 1.54) is 25.3 Å². The highest BCUT2D eigenvalue weighted by Gasteiger charge is 2.37. The summed E-state index contributed by atoms with van der Waals surface area (Å²) in [6.45, 7) is 0.221. The number of benzene rings is 2. The van der Waals surface area contributed by atoms with Gasteiger partial charge in [-0.15, -0.1) is 0 Å². The number of rotatable bonds is 6. The Morgan fingerprint density at radius 3 is 2.55 bits per heavy atom. The highest BCUT2D eigenvalue weighted by Crippen LogP contribution is 2.28. The fourth-order valence-corrected chi connectivity index (χ4v) is 2.97. The predicted molar refractivity (Wildman–Crippen MR) is 101 cm³/mol. The summed E-state index contributed by atoms with van der Waals surface area (Å²) in [5, 5.41) is 11.5. The first-order valence-corrected chi connectivity index (χ1v) is 8.91. The Morgan fingerprint density at radius 2 is 1.86 bits per heavy atom. The average molecular weight is 404 g/mol. The van der Waals surface area contributed by atoms with Gasteiger partial charge in [-0.25, -0.2) is 14.0 Å². The average Bonchev–Trinajstić information content (AvgIpc) is 3.13. The lowest BCUT2D eigenvalue weighted by Crippen LogP contribution is -2.32. The van der Waals surface area contributed by atoms with Gasteiger partial charge in [0.15, 0.2) is 11.6 Å². The molecule has 3 rings (SSSR count). The van der Waals surface area contributed by atoms with Gasteiger partial charge in [0.1, 0.15) is 18.8 Å². The van der Waals surface area contributed by atoms with E-state index >= 15 is 0 Å². The first kappa shape index (κ1) is 20.4. The lowest BCUT2D eigenvalue weighted by molar-refractivity contribution is 0.0324. The van der Waals surface area contributed by atoms with Crippen LogP contribution in [0.15, 0.2) is 48.5 Å². The van der Waals surface area contributed by atoms with Crippen LogP contribution in [0.3, 0.4) is 0 Å². The molecule has 0 aliphatic carbocycles. The predicted octanol–water partition coefficient (Wildman–Crippen LogP) is 3.33. The maximum atomic E-state index is 14.8. The molecule has 1 aliphatic heterocycles. The van der Waals surface area contributed by atoms with E-state index in [1.807, 2.05) is 18.2 Å². The number of halogens is 1. The molecule has 2 amide bonds. The van der Waals surface area contributed by atoms with Gasteiger partial charge in [-0.2, -0.15) is 0 Å². The molecule has 2 aromatic carbocycles. The van der Waals surface area contributed by atoms with Crippen LogP contribution < -0.4 is 10.1 Å². The molecule has 1 fully saturated rings. The number of hydrogen-bond donors (Lipinski definition) is 2. The minimum absolute atomic E-state index is 0.0457. The molecule has 2 N–H and O–H groups in total. The number of amides is 2. The topological polar surface area (TPSA) is 97.3 Å². The maximum Gasteiger partial charge on any atom is 0.412 e. The second-order valence-electron chi connectivity index (χ2n) is 6.42. The van der Waals surface area contributed by atoms with Crippen LogP contribution in [0.2, 0.25) is 0 Å². The number of carbonyl (C=O) groups is 2. The van der Waals surface area contributed by atoms with Crippen molar-refractivity contribution in [2.45, 2.75) is 18.8 Å². The quantitative estimate of drug-likeness (QED) is 0.767. The minimum atomic E-state index is -1.10. The van der Waals surface area contributed by atoms with E-state index in [4.69, 9.17) is 19.3 Å². The monoisotopic (exact) mass is 404 g/mol. The largest absolute Gasteiger partial charge is 0.483 e. The Bertz CT molecular complexity index is 863. The molecule has 2 atom stereocenters. The van der Waals surface area contributed by atoms with Crippen LogP contribution in [-0.2, 0) is 16.1 Å². The van der Waals surface area contributed by atoms with E-state index in [0.29, 0.717) is 0 Å². The van der Waals surface area contributed by atoms with Crippen molar-refractivity contribution in [2.24, 2.45) is 0 Å². The SMILES string of the molecule is CO[C@@H]1CN(C(=O)O)C[C@H]1Oc1cccc(NC(=O)OCc2ccccc2)c1F. The molecule has 154 valence electrons. The second kappa shape index (κ2) is 9.24. The third-order valence-electron chi connectivity index (χ3n) is 4.48. The third kappa shape index (κ3) is 5.14. The Morgan fingerprint density at radius 1 is 1.14 bits per heavy atom. The highest BCUT2D eigenvalue weighted by atomic mass is 19.1. The van der Waals surface area contributed by atoms with E-state index in [1.54, 1.807) is 12.1 Å². The zero-order valence-corrected chi connectivity index (χ0v) is 15.7. The molecule has 0 radical (unpaired) electrons. The molecule has 0 saturated carbocycles. The molecular formula is C20H21FN2O6. The number of nitrogens with one attached hydrogen (secondary N) is 1. The smallest absolute Gasteiger partial charge is 0.412 e. The molecule has 9 heteroatoms. The fourth-order valence-electron chi connectivity index (χ4n) is 2.97. The lowest BCUT2D eigenvalue weighted by atomic mass is 10.2. The molecule has 0 bridgehead atoms. The van der Waals surface area contributed by atoms with Crippen molar-refractivity contribution in [1.29, 1.82) is 0 Å². The van der Waals surface area contributed by atoms with Crippen molar-refractivity contribution in [3.63, 3.8) is 0 Å². The number of nitrogens with zero attached hydrogens (tertiary/aromatic N) is 1.